The number of rotatable bonds is 16. The fourth-order valence-corrected chi connectivity index (χ4v) is 4.85. The molecule has 1 aliphatic rings. The van der Waals surface area contributed by atoms with E-state index in [1.807, 2.05) is 24.3 Å². The molecule has 1 heterocycles. The van der Waals surface area contributed by atoms with Crippen LogP contribution in [0.25, 0.3) is 6.08 Å². The fraction of sp³-hybridized carbons (Fsp3) is 0.382. The highest BCUT2D eigenvalue weighted by atomic mass is 16.7. The lowest BCUT2D eigenvalue weighted by Crippen LogP contribution is -2.41. The minimum absolute atomic E-state index is 0.0705. The number of ether oxygens (including phenoxy) is 5. The Morgan fingerprint density at radius 2 is 1.62 bits per heavy atom. The molecule has 1 saturated heterocycles. The molecule has 1 fully saturated rings. The smallest absolute Gasteiger partial charge is 0.244 e. The standard InChI is InChI=1S/C34H42N2O6/c1-38-23-24-40-26-41-31-15-13-27(25-32(31)39-2)14-16-33(37)35-19-22-36-20-17-30(18-21-36)42-34(28-9-5-3-6-10-28)29-11-7-4-8-12-29/h3-16,25,30,34H,17-24,26H2,1-2H3,(H,35,37). The molecule has 1 amide bonds. The number of benzene rings is 3. The molecule has 0 bridgehead atoms. The number of hydrogen-bond donors (Lipinski definition) is 1. The molecule has 42 heavy (non-hydrogen) atoms. The quantitative estimate of drug-likeness (QED) is 0.145. The summed E-state index contributed by atoms with van der Waals surface area (Å²) in [4.78, 5) is 14.8. The SMILES string of the molecule is COCCOCOc1ccc(C=CC(=O)NCCN2CCC(OC(c3ccccc3)c3ccccc3)CC2)cc1OC. The summed E-state index contributed by atoms with van der Waals surface area (Å²) >= 11 is 0. The summed E-state index contributed by atoms with van der Waals surface area (Å²) in [6, 6.07) is 26.3. The van der Waals surface area contributed by atoms with E-state index in [0.717, 1.165) is 38.0 Å². The molecule has 1 aliphatic heterocycles. The van der Waals surface area contributed by atoms with Crippen molar-refractivity contribution in [3.05, 3.63) is 102 Å². The molecule has 8 heteroatoms. The van der Waals surface area contributed by atoms with Gasteiger partial charge in [0.1, 0.15) is 6.10 Å². The van der Waals surface area contributed by atoms with Crippen molar-refractivity contribution in [1.82, 2.24) is 10.2 Å². The molecule has 0 aliphatic carbocycles. The molecule has 1 N–H and O–H groups in total. The van der Waals surface area contributed by atoms with E-state index in [1.165, 1.54) is 17.2 Å². The first-order valence-corrected chi connectivity index (χ1v) is 14.5. The molecule has 224 valence electrons. The first-order valence-electron chi connectivity index (χ1n) is 14.5. The predicted molar refractivity (Wildman–Crippen MR) is 164 cm³/mol. The van der Waals surface area contributed by atoms with E-state index in [9.17, 15) is 4.79 Å². The number of carbonyl (C=O) groups excluding carboxylic acids is 1. The monoisotopic (exact) mass is 574 g/mol. The number of methoxy groups -OCH3 is 2. The Labute approximate surface area is 249 Å². The van der Waals surface area contributed by atoms with Crippen LogP contribution in [0.3, 0.4) is 0 Å². The van der Waals surface area contributed by atoms with Crippen LogP contribution in [-0.4, -0.2) is 77.3 Å². The van der Waals surface area contributed by atoms with E-state index in [4.69, 9.17) is 23.7 Å². The number of piperidine rings is 1. The lowest BCUT2D eigenvalue weighted by atomic mass is 10.00. The van der Waals surface area contributed by atoms with Gasteiger partial charge in [-0.25, -0.2) is 0 Å². The van der Waals surface area contributed by atoms with Crippen LogP contribution in [0.5, 0.6) is 11.5 Å². The van der Waals surface area contributed by atoms with Crippen molar-refractivity contribution in [2.45, 2.75) is 25.0 Å². The van der Waals surface area contributed by atoms with Gasteiger partial charge in [0, 0.05) is 39.4 Å². The number of amides is 1. The van der Waals surface area contributed by atoms with Gasteiger partial charge in [0.15, 0.2) is 18.3 Å². The Hall–Kier alpha value is -3.69. The van der Waals surface area contributed by atoms with Crippen molar-refractivity contribution in [2.75, 3.05) is 60.4 Å². The number of hydrogen-bond acceptors (Lipinski definition) is 7. The molecule has 0 saturated carbocycles. The van der Waals surface area contributed by atoms with Gasteiger partial charge in [0.05, 0.1) is 26.4 Å². The summed E-state index contributed by atoms with van der Waals surface area (Å²) in [5, 5.41) is 2.99. The largest absolute Gasteiger partial charge is 0.493 e. The second-order valence-corrected chi connectivity index (χ2v) is 10.1. The van der Waals surface area contributed by atoms with E-state index in [0.29, 0.717) is 31.3 Å². The Morgan fingerprint density at radius 3 is 2.26 bits per heavy atom. The Kier molecular flexibility index (Phi) is 12.9. The lowest BCUT2D eigenvalue weighted by Gasteiger charge is -2.34. The van der Waals surface area contributed by atoms with Gasteiger partial charge in [0.2, 0.25) is 5.91 Å². The molecule has 0 spiro atoms. The Balaban J connectivity index is 1.18. The summed E-state index contributed by atoms with van der Waals surface area (Å²) in [7, 11) is 3.20. The van der Waals surface area contributed by atoms with Crippen LogP contribution in [0.2, 0.25) is 0 Å². The maximum atomic E-state index is 12.4. The third kappa shape index (κ3) is 9.99. The molecule has 0 atom stereocenters. The number of nitrogens with zero attached hydrogens (tertiary/aromatic N) is 1. The maximum Gasteiger partial charge on any atom is 0.244 e. The van der Waals surface area contributed by atoms with Gasteiger partial charge >= 0.3 is 0 Å². The molecule has 4 rings (SSSR count). The van der Waals surface area contributed by atoms with E-state index in [2.05, 4.69) is 58.7 Å². The highest BCUT2D eigenvalue weighted by molar-refractivity contribution is 5.91. The molecule has 0 aromatic heterocycles. The topological polar surface area (TPSA) is 78.5 Å². The summed E-state index contributed by atoms with van der Waals surface area (Å²) in [5.74, 6) is 1.01. The third-order valence-electron chi connectivity index (χ3n) is 7.14. The van der Waals surface area contributed by atoms with E-state index >= 15 is 0 Å². The van der Waals surface area contributed by atoms with Crippen LogP contribution in [0.15, 0.2) is 84.9 Å². The van der Waals surface area contributed by atoms with Crippen molar-refractivity contribution in [3.8, 4) is 11.5 Å². The summed E-state index contributed by atoms with van der Waals surface area (Å²) < 4.78 is 28.0. The van der Waals surface area contributed by atoms with Crippen molar-refractivity contribution in [3.63, 3.8) is 0 Å². The van der Waals surface area contributed by atoms with E-state index in [1.54, 1.807) is 26.4 Å². The Bertz CT molecular complexity index is 1190. The van der Waals surface area contributed by atoms with Gasteiger partial charge in [-0.05, 0) is 47.7 Å². The van der Waals surface area contributed by atoms with Gasteiger partial charge in [-0.15, -0.1) is 0 Å². The maximum absolute atomic E-state index is 12.4. The first kappa shape index (κ1) is 31.3. The average molecular weight is 575 g/mol. The summed E-state index contributed by atoms with van der Waals surface area (Å²) in [6.07, 6.45) is 5.35. The number of carbonyl (C=O) groups is 1. The molecule has 3 aromatic carbocycles. The van der Waals surface area contributed by atoms with Crippen LogP contribution >= 0.6 is 0 Å². The number of likely N-dealkylation sites (tertiary alicyclic amines) is 1. The first-order chi connectivity index (χ1) is 20.7. The normalized spacial score (nSPS) is 14.4. The van der Waals surface area contributed by atoms with Gasteiger partial charge in [-0.3, -0.25) is 4.79 Å². The number of nitrogens with one attached hydrogen (secondary N) is 1. The zero-order valence-electron chi connectivity index (χ0n) is 24.6. The zero-order valence-corrected chi connectivity index (χ0v) is 24.6. The van der Waals surface area contributed by atoms with Crippen LogP contribution in [0, 0.1) is 0 Å². The highest BCUT2D eigenvalue weighted by Crippen LogP contribution is 2.30. The van der Waals surface area contributed by atoms with Crippen LogP contribution in [0.1, 0.15) is 35.6 Å². The zero-order chi connectivity index (χ0) is 29.4. The van der Waals surface area contributed by atoms with Gasteiger partial charge in [0.25, 0.3) is 0 Å². The molecular weight excluding hydrogens is 532 g/mol. The van der Waals surface area contributed by atoms with Crippen LogP contribution in [0.4, 0.5) is 0 Å². The molecular formula is C34H42N2O6. The highest BCUT2D eigenvalue weighted by Gasteiger charge is 2.24. The summed E-state index contributed by atoms with van der Waals surface area (Å²) in [6.45, 7) is 4.33. The van der Waals surface area contributed by atoms with Crippen molar-refractivity contribution < 1.29 is 28.5 Å². The Morgan fingerprint density at radius 1 is 0.929 bits per heavy atom. The summed E-state index contributed by atoms with van der Waals surface area (Å²) in [5.41, 5.74) is 3.18. The van der Waals surface area contributed by atoms with Gasteiger partial charge < -0.3 is 33.9 Å². The molecule has 3 aromatic rings. The van der Waals surface area contributed by atoms with E-state index in [-0.39, 0.29) is 24.9 Å². The second-order valence-electron chi connectivity index (χ2n) is 10.1. The van der Waals surface area contributed by atoms with Crippen LogP contribution < -0.4 is 14.8 Å². The third-order valence-corrected chi connectivity index (χ3v) is 7.14. The van der Waals surface area contributed by atoms with Gasteiger partial charge in [-0.2, -0.15) is 0 Å². The predicted octanol–water partition coefficient (Wildman–Crippen LogP) is 5.09. The molecule has 0 radical (unpaired) electrons. The minimum atomic E-state index is -0.132. The van der Waals surface area contributed by atoms with Crippen molar-refractivity contribution in [1.29, 1.82) is 0 Å². The minimum Gasteiger partial charge on any atom is -0.493 e. The second kappa shape index (κ2) is 17.3. The van der Waals surface area contributed by atoms with E-state index < -0.39 is 0 Å². The lowest BCUT2D eigenvalue weighted by molar-refractivity contribution is -0.116. The van der Waals surface area contributed by atoms with Crippen LogP contribution in [-0.2, 0) is 19.0 Å². The van der Waals surface area contributed by atoms with Crippen molar-refractivity contribution >= 4 is 12.0 Å². The fourth-order valence-electron chi connectivity index (χ4n) is 4.85. The molecule has 8 nitrogen and oxygen atoms in total. The van der Waals surface area contributed by atoms with Crippen molar-refractivity contribution in [2.24, 2.45) is 0 Å². The molecule has 0 unspecified atom stereocenters. The van der Waals surface area contributed by atoms with Gasteiger partial charge in [-0.1, -0.05) is 66.7 Å². The average Bonchev–Trinajstić information content (AvgIpc) is 3.04.